The van der Waals surface area contributed by atoms with Crippen LogP contribution in [0.4, 0.5) is 0 Å². The second-order valence-corrected chi connectivity index (χ2v) is 4.66. The van der Waals surface area contributed by atoms with E-state index in [1.807, 2.05) is 12.1 Å². The van der Waals surface area contributed by atoms with Crippen molar-refractivity contribution in [3.63, 3.8) is 0 Å². The zero-order valence-electron chi connectivity index (χ0n) is 11.1. The van der Waals surface area contributed by atoms with E-state index in [-0.39, 0.29) is 12.3 Å². The molecule has 21 heavy (non-hydrogen) atoms. The maximum Gasteiger partial charge on any atom is 0.417 e. The molecule has 2 aromatic heterocycles. The fourth-order valence-electron chi connectivity index (χ4n) is 2.06. The van der Waals surface area contributed by atoms with Crippen LogP contribution in [0.2, 0.25) is 0 Å². The van der Waals surface area contributed by atoms with Crippen molar-refractivity contribution >= 4 is 17.0 Å². The van der Waals surface area contributed by atoms with Gasteiger partial charge in [0.05, 0.1) is 11.9 Å². The number of oxazole rings is 1. The lowest BCUT2D eigenvalue weighted by Crippen LogP contribution is -2.24. The highest BCUT2D eigenvalue weighted by Gasteiger charge is 2.06. The lowest BCUT2D eigenvalue weighted by Gasteiger charge is -2.05. The number of benzene rings is 1. The van der Waals surface area contributed by atoms with Crippen LogP contribution in [-0.4, -0.2) is 15.9 Å². The summed E-state index contributed by atoms with van der Waals surface area (Å²) in [6.45, 7) is 0.442. The van der Waals surface area contributed by atoms with Crippen LogP contribution >= 0.6 is 0 Å². The largest absolute Gasteiger partial charge is 0.417 e. The number of pyridine rings is 1. The van der Waals surface area contributed by atoms with Crippen molar-refractivity contribution in [3.05, 3.63) is 64.4 Å². The zero-order chi connectivity index (χ0) is 14.7. The van der Waals surface area contributed by atoms with Gasteiger partial charge in [0.1, 0.15) is 0 Å². The van der Waals surface area contributed by atoms with Crippen molar-refractivity contribution in [2.45, 2.75) is 13.0 Å². The smallest absolute Gasteiger partial charge is 0.408 e. The van der Waals surface area contributed by atoms with Crippen molar-refractivity contribution in [2.24, 2.45) is 0 Å². The summed E-state index contributed by atoms with van der Waals surface area (Å²) in [4.78, 5) is 29.5. The monoisotopic (exact) mass is 283 g/mol. The summed E-state index contributed by atoms with van der Waals surface area (Å²) in [5.41, 5.74) is 2.83. The molecule has 2 N–H and O–H groups in total. The fraction of sp³-hybridized carbons (Fsp3) is 0.133. The van der Waals surface area contributed by atoms with Gasteiger partial charge in [0.15, 0.2) is 5.58 Å². The third kappa shape index (κ3) is 3.17. The molecule has 3 rings (SSSR count). The standard InChI is InChI=1S/C15H13N3O3/c19-14(17-9-11-2-1-5-16-8-11)7-10-3-4-13-12(6-10)18-15(20)21-13/h1-6,8H,7,9H2,(H,17,19)(H,18,20). The highest BCUT2D eigenvalue weighted by atomic mass is 16.4. The van der Waals surface area contributed by atoms with Crippen molar-refractivity contribution in [1.82, 2.24) is 15.3 Å². The summed E-state index contributed by atoms with van der Waals surface area (Å²) in [5.74, 6) is -0.591. The summed E-state index contributed by atoms with van der Waals surface area (Å²) in [5, 5.41) is 2.83. The molecule has 3 aromatic rings. The summed E-state index contributed by atoms with van der Waals surface area (Å²) in [6, 6.07) is 8.91. The Kier molecular flexibility index (Phi) is 3.51. The predicted octanol–water partition coefficient (Wildman–Crippen LogP) is 1.38. The molecule has 0 aliphatic heterocycles. The Bertz CT molecular complexity index is 821. The minimum absolute atomic E-state index is 0.0935. The first kappa shape index (κ1) is 13.1. The first-order valence-corrected chi connectivity index (χ1v) is 6.48. The van der Waals surface area contributed by atoms with Crippen LogP contribution in [0.25, 0.3) is 11.1 Å². The maximum absolute atomic E-state index is 11.9. The SMILES string of the molecule is O=C(Cc1ccc2oc(=O)[nH]c2c1)NCc1cccnc1. The van der Waals surface area contributed by atoms with Gasteiger partial charge in [0, 0.05) is 18.9 Å². The number of nitrogens with zero attached hydrogens (tertiary/aromatic N) is 1. The van der Waals surface area contributed by atoms with Crippen LogP contribution in [-0.2, 0) is 17.8 Å². The van der Waals surface area contributed by atoms with Gasteiger partial charge >= 0.3 is 5.76 Å². The Labute approximate surface area is 119 Å². The molecule has 0 aliphatic rings. The molecule has 0 atom stereocenters. The van der Waals surface area contributed by atoms with Gasteiger partial charge in [-0.1, -0.05) is 12.1 Å². The molecule has 0 bridgehead atoms. The fourth-order valence-corrected chi connectivity index (χ4v) is 2.06. The Morgan fingerprint density at radius 2 is 2.19 bits per heavy atom. The zero-order valence-corrected chi connectivity index (χ0v) is 11.1. The second kappa shape index (κ2) is 5.62. The molecule has 0 saturated heterocycles. The molecular weight excluding hydrogens is 270 g/mol. The van der Waals surface area contributed by atoms with Crippen LogP contribution in [0.1, 0.15) is 11.1 Å². The van der Waals surface area contributed by atoms with Crippen LogP contribution in [0.15, 0.2) is 51.9 Å². The van der Waals surface area contributed by atoms with Crippen molar-refractivity contribution < 1.29 is 9.21 Å². The number of fused-ring (bicyclic) bond motifs is 1. The topological polar surface area (TPSA) is 88.0 Å². The molecule has 0 spiro atoms. The van der Waals surface area contributed by atoms with Gasteiger partial charge in [0.2, 0.25) is 5.91 Å². The molecule has 6 nitrogen and oxygen atoms in total. The number of amides is 1. The van der Waals surface area contributed by atoms with Crippen LogP contribution < -0.4 is 11.1 Å². The van der Waals surface area contributed by atoms with E-state index in [1.165, 1.54) is 0 Å². The van der Waals surface area contributed by atoms with Gasteiger partial charge in [-0.25, -0.2) is 4.79 Å². The van der Waals surface area contributed by atoms with Crippen molar-refractivity contribution in [1.29, 1.82) is 0 Å². The van der Waals surface area contributed by atoms with E-state index < -0.39 is 5.76 Å². The number of rotatable bonds is 4. The number of aromatic nitrogens is 2. The Morgan fingerprint density at radius 3 is 3.00 bits per heavy atom. The molecule has 106 valence electrons. The summed E-state index contributed by atoms with van der Waals surface area (Å²) < 4.78 is 4.91. The summed E-state index contributed by atoms with van der Waals surface area (Å²) in [7, 11) is 0. The minimum atomic E-state index is -0.497. The van der Waals surface area contributed by atoms with Crippen LogP contribution in [0, 0.1) is 0 Å². The summed E-state index contributed by atoms with van der Waals surface area (Å²) in [6.07, 6.45) is 3.64. The van der Waals surface area contributed by atoms with Gasteiger partial charge in [-0.2, -0.15) is 0 Å². The first-order valence-electron chi connectivity index (χ1n) is 6.48. The first-order chi connectivity index (χ1) is 10.2. The van der Waals surface area contributed by atoms with Crippen molar-refractivity contribution in [3.8, 4) is 0 Å². The molecule has 0 radical (unpaired) electrons. The maximum atomic E-state index is 11.9. The second-order valence-electron chi connectivity index (χ2n) is 4.66. The highest BCUT2D eigenvalue weighted by molar-refractivity contribution is 5.80. The molecule has 6 heteroatoms. The van der Waals surface area contributed by atoms with Gasteiger partial charge in [0.25, 0.3) is 0 Å². The quantitative estimate of drug-likeness (QED) is 0.757. The number of aromatic amines is 1. The minimum Gasteiger partial charge on any atom is -0.408 e. The van der Waals surface area contributed by atoms with Gasteiger partial charge in [-0.05, 0) is 29.3 Å². The Balaban J connectivity index is 1.64. The van der Waals surface area contributed by atoms with E-state index in [0.717, 1.165) is 11.1 Å². The van der Waals surface area contributed by atoms with E-state index in [1.54, 1.807) is 30.6 Å². The molecule has 1 amide bonds. The van der Waals surface area contributed by atoms with Crippen molar-refractivity contribution in [2.75, 3.05) is 0 Å². The van der Waals surface area contributed by atoms with Crippen LogP contribution in [0.5, 0.6) is 0 Å². The molecule has 0 saturated carbocycles. The van der Waals surface area contributed by atoms with E-state index in [9.17, 15) is 9.59 Å². The molecule has 0 unspecified atom stereocenters. The molecule has 0 aliphatic carbocycles. The predicted molar refractivity (Wildman–Crippen MR) is 76.6 cm³/mol. The average Bonchev–Trinajstić information content (AvgIpc) is 2.85. The lowest BCUT2D eigenvalue weighted by atomic mass is 10.1. The molecular formula is C15H13N3O3. The van der Waals surface area contributed by atoms with Gasteiger partial charge in [-0.3, -0.25) is 14.8 Å². The number of carbonyl (C=O) groups is 1. The third-order valence-corrected chi connectivity index (χ3v) is 3.06. The van der Waals surface area contributed by atoms with E-state index in [2.05, 4.69) is 15.3 Å². The number of H-pyrrole nitrogens is 1. The highest BCUT2D eigenvalue weighted by Crippen LogP contribution is 2.12. The lowest BCUT2D eigenvalue weighted by molar-refractivity contribution is -0.120. The summed E-state index contributed by atoms with van der Waals surface area (Å²) >= 11 is 0. The Morgan fingerprint density at radius 1 is 1.29 bits per heavy atom. The van der Waals surface area contributed by atoms with Gasteiger partial charge < -0.3 is 9.73 Å². The van der Waals surface area contributed by atoms with E-state index in [0.29, 0.717) is 17.6 Å². The molecule has 0 fully saturated rings. The van der Waals surface area contributed by atoms with Gasteiger partial charge in [-0.15, -0.1) is 0 Å². The number of hydrogen-bond acceptors (Lipinski definition) is 4. The Hall–Kier alpha value is -2.89. The molecule has 2 heterocycles. The molecule has 1 aromatic carbocycles. The normalized spacial score (nSPS) is 10.7. The van der Waals surface area contributed by atoms with Crippen LogP contribution in [0.3, 0.4) is 0 Å². The number of nitrogens with one attached hydrogen (secondary N) is 2. The average molecular weight is 283 g/mol. The van der Waals surface area contributed by atoms with E-state index >= 15 is 0 Å². The third-order valence-electron chi connectivity index (χ3n) is 3.06. The number of carbonyl (C=O) groups excluding carboxylic acids is 1. The number of hydrogen-bond donors (Lipinski definition) is 2. The van der Waals surface area contributed by atoms with E-state index in [4.69, 9.17) is 4.42 Å².